The average Bonchev–Trinajstić information content (AvgIpc) is 2.17. The molecule has 2 atom stereocenters. The monoisotopic (exact) mass is 272 g/mol. The minimum Gasteiger partial charge on any atom is -0.207 e. The number of hydrogen-bond donors (Lipinski definition) is 0. The molecule has 0 fully saturated rings. The second-order valence-electron chi connectivity index (χ2n) is 4.18. The summed E-state index contributed by atoms with van der Waals surface area (Å²) in [5.74, 6) is 0.582. The fraction of sp³-hybridized carbons (Fsp3) is 0.538. The number of benzene rings is 1. The topological polar surface area (TPSA) is 0 Å². The highest BCUT2D eigenvalue weighted by Gasteiger charge is 2.09. The molecule has 1 rings (SSSR count). The van der Waals surface area contributed by atoms with E-state index in [0.717, 1.165) is 24.3 Å². The van der Waals surface area contributed by atoms with E-state index in [2.05, 4.69) is 29.8 Å². The van der Waals surface area contributed by atoms with Gasteiger partial charge in [-0.3, -0.25) is 0 Å². The van der Waals surface area contributed by atoms with Crippen LogP contribution in [0.5, 0.6) is 0 Å². The fourth-order valence-electron chi connectivity index (χ4n) is 1.61. The zero-order valence-corrected chi connectivity index (χ0v) is 10.9. The van der Waals surface area contributed by atoms with E-state index in [1.807, 2.05) is 6.07 Å². The minimum absolute atomic E-state index is 0.143. The Hall–Kier alpha value is -0.370. The molecule has 15 heavy (non-hydrogen) atoms. The van der Waals surface area contributed by atoms with Crippen molar-refractivity contribution in [3.8, 4) is 0 Å². The van der Waals surface area contributed by atoms with Gasteiger partial charge in [0.05, 0.1) is 0 Å². The average molecular weight is 273 g/mol. The van der Waals surface area contributed by atoms with Crippen molar-refractivity contribution in [1.82, 2.24) is 0 Å². The third-order valence-corrected chi connectivity index (χ3v) is 3.40. The van der Waals surface area contributed by atoms with E-state index >= 15 is 0 Å². The highest BCUT2D eigenvalue weighted by Crippen LogP contribution is 2.20. The van der Waals surface area contributed by atoms with Gasteiger partial charge in [-0.2, -0.15) is 0 Å². The van der Waals surface area contributed by atoms with Crippen LogP contribution < -0.4 is 0 Å². The van der Waals surface area contributed by atoms with Gasteiger partial charge in [0.15, 0.2) is 0 Å². The summed E-state index contributed by atoms with van der Waals surface area (Å²) in [6.45, 7) is 4.45. The van der Waals surface area contributed by atoms with E-state index in [9.17, 15) is 4.39 Å². The fourth-order valence-corrected chi connectivity index (χ4v) is 2.62. The summed E-state index contributed by atoms with van der Waals surface area (Å²) in [5, 5.41) is 0. The van der Waals surface area contributed by atoms with Crippen molar-refractivity contribution >= 4 is 15.9 Å². The van der Waals surface area contributed by atoms with E-state index in [-0.39, 0.29) is 5.82 Å². The number of hydrogen-bond acceptors (Lipinski definition) is 0. The molecular formula is C13H18BrF. The summed E-state index contributed by atoms with van der Waals surface area (Å²) in [6.07, 6.45) is 3.25. The molecule has 2 unspecified atom stereocenters. The number of alkyl halides is 1. The first-order valence-electron chi connectivity index (χ1n) is 5.50. The van der Waals surface area contributed by atoms with E-state index in [4.69, 9.17) is 0 Å². The summed E-state index contributed by atoms with van der Waals surface area (Å²) in [7, 11) is 0. The van der Waals surface area contributed by atoms with E-state index in [1.165, 1.54) is 12.5 Å². The Balaban J connectivity index is 2.47. The molecule has 0 saturated heterocycles. The van der Waals surface area contributed by atoms with Crippen LogP contribution in [0.15, 0.2) is 24.3 Å². The van der Waals surface area contributed by atoms with Crippen molar-refractivity contribution in [3.63, 3.8) is 0 Å². The smallest absolute Gasteiger partial charge is 0.123 e. The first kappa shape index (κ1) is 12.7. The Morgan fingerprint density at radius 3 is 2.73 bits per heavy atom. The largest absolute Gasteiger partial charge is 0.207 e. The molecular weight excluding hydrogens is 255 g/mol. The van der Waals surface area contributed by atoms with Gasteiger partial charge >= 0.3 is 0 Å². The van der Waals surface area contributed by atoms with Gasteiger partial charge in [0, 0.05) is 4.83 Å². The van der Waals surface area contributed by atoms with Crippen molar-refractivity contribution in [1.29, 1.82) is 0 Å². The normalized spacial score (nSPS) is 14.9. The van der Waals surface area contributed by atoms with E-state index in [0.29, 0.717) is 4.83 Å². The van der Waals surface area contributed by atoms with Crippen LogP contribution in [0.25, 0.3) is 0 Å². The summed E-state index contributed by atoms with van der Waals surface area (Å²) in [4.78, 5) is 0.453. The summed E-state index contributed by atoms with van der Waals surface area (Å²) in [6, 6.07) is 6.86. The first-order chi connectivity index (χ1) is 7.11. The lowest BCUT2D eigenvalue weighted by atomic mass is 9.99. The van der Waals surface area contributed by atoms with E-state index < -0.39 is 0 Å². The van der Waals surface area contributed by atoms with Crippen LogP contribution in [0.3, 0.4) is 0 Å². The molecule has 0 nitrogen and oxygen atoms in total. The summed E-state index contributed by atoms with van der Waals surface area (Å²) >= 11 is 3.66. The van der Waals surface area contributed by atoms with Crippen LogP contribution >= 0.6 is 15.9 Å². The van der Waals surface area contributed by atoms with Gasteiger partial charge in [-0.1, -0.05) is 48.3 Å². The van der Waals surface area contributed by atoms with Gasteiger partial charge in [0.2, 0.25) is 0 Å². The number of rotatable bonds is 5. The van der Waals surface area contributed by atoms with Gasteiger partial charge in [-0.15, -0.1) is 0 Å². The maximum Gasteiger partial charge on any atom is 0.123 e. The van der Waals surface area contributed by atoms with Crippen LogP contribution in [0.4, 0.5) is 4.39 Å². The maximum atomic E-state index is 12.9. The SMILES string of the molecule is CCC(C)CC(Br)Cc1cccc(F)c1. The van der Waals surface area contributed by atoms with Gasteiger partial charge < -0.3 is 0 Å². The summed E-state index contributed by atoms with van der Waals surface area (Å²) < 4.78 is 12.9. The molecule has 0 aliphatic heterocycles. The predicted octanol–water partition coefficient (Wildman–Crippen LogP) is 4.57. The standard InChI is InChI=1S/C13H18BrF/c1-3-10(2)7-12(14)8-11-5-4-6-13(15)9-11/h4-6,9-10,12H,3,7-8H2,1-2H3. The van der Waals surface area contributed by atoms with Crippen LogP contribution in [0, 0.1) is 11.7 Å². The lowest BCUT2D eigenvalue weighted by Crippen LogP contribution is -2.08. The Bertz CT molecular complexity index is 298. The van der Waals surface area contributed by atoms with Gasteiger partial charge in [0.25, 0.3) is 0 Å². The lowest BCUT2D eigenvalue weighted by Gasteiger charge is -2.14. The summed E-state index contributed by atoms with van der Waals surface area (Å²) in [5.41, 5.74) is 1.07. The molecule has 0 amide bonds. The van der Waals surface area contributed by atoms with Crippen molar-refractivity contribution < 1.29 is 4.39 Å². The Kier molecular flexibility index (Phi) is 5.30. The van der Waals surface area contributed by atoms with Gasteiger partial charge in [0.1, 0.15) is 5.82 Å². The molecule has 0 heterocycles. The van der Waals surface area contributed by atoms with E-state index in [1.54, 1.807) is 12.1 Å². The second-order valence-corrected chi connectivity index (χ2v) is 5.48. The molecule has 0 saturated carbocycles. The zero-order valence-electron chi connectivity index (χ0n) is 9.34. The molecule has 1 aromatic carbocycles. The second kappa shape index (κ2) is 6.26. The van der Waals surface area contributed by atoms with Crippen molar-refractivity contribution in [2.45, 2.75) is 37.9 Å². The van der Waals surface area contributed by atoms with Crippen molar-refractivity contribution in [2.75, 3.05) is 0 Å². The molecule has 0 N–H and O–H groups in total. The molecule has 0 aliphatic carbocycles. The third-order valence-electron chi connectivity index (χ3n) is 2.70. The predicted molar refractivity (Wildman–Crippen MR) is 66.9 cm³/mol. The highest BCUT2D eigenvalue weighted by molar-refractivity contribution is 9.09. The van der Waals surface area contributed by atoms with Crippen molar-refractivity contribution in [3.05, 3.63) is 35.6 Å². The lowest BCUT2D eigenvalue weighted by molar-refractivity contribution is 0.506. The quantitative estimate of drug-likeness (QED) is 0.689. The maximum absolute atomic E-state index is 12.9. The Morgan fingerprint density at radius 1 is 1.40 bits per heavy atom. The third kappa shape index (κ3) is 4.78. The molecule has 0 spiro atoms. The molecule has 0 bridgehead atoms. The van der Waals surface area contributed by atoms with Crippen LogP contribution in [0.1, 0.15) is 32.3 Å². The molecule has 1 aromatic rings. The van der Waals surface area contributed by atoms with Crippen LogP contribution in [-0.2, 0) is 6.42 Å². The molecule has 84 valence electrons. The number of halogens is 2. The minimum atomic E-state index is -0.143. The van der Waals surface area contributed by atoms with Gasteiger partial charge in [-0.25, -0.2) is 4.39 Å². The first-order valence-corrected chi connectivity index (χ1v) is 6.42. The molecule has 0 aliphatic rings. The molecule has 0 aromatic heterocycles. The molecule has 2 heteroatoms. The van der Waals surface area contributed by atoms with Crippen LogP contribution in [-0.4, -0.2) is 4.83 Å². The Labute approximate surface area is 100 Å². The van der Waals surface area contributed by atoms with Gasteiger partial charge in [-0.05, 0) is 36.5 Å². The van der Waals surface area contributed by atoms with Crippen LogP contribution in [0.2, 0.25) is 0 Å². The molecule has 0 radical (unpaired) electrons. The zero-order chi connectivity index (χ0) is 11.3. The van der Waals surface area contributed by atoms with Crippen molar-refractivity contribution in [2.24, 2.45) is 5.92 Å². The highest BCUT2D eigenvalue weighted by atomic mass is 79.9. The Morgan fingerprint density at radius 2 is 2.13 bits per heavy atom.